The molecule has 0 radical (unpaired) electrons. The highest BCUT2D eigenvalue weighted by Crippen LogP contribution is 2.17. The van der Waals surface area contributed by atoms with Crippen LogP contribution in [-0.2, 0) is 20.7 Å². The van der Waals surface area contributed by atoms with Crippen molar-refractivity contribution in [2.45, 2.75) is 51.2 Å². The first-order valence-corrected chi connectivity index (χ1v) is 8.45. The molecule has 2 atom stereocenters. The number of ether oxygens (including phenoxy) is 1. The molecule has 0 aliphatic carbocycles. The van der Waals surface area contributed by atoms with E-state index in [2.05, 4.69) is 31.2 Å². The van der Waals surface area contributed by atoms with Crippen molar-refractivity contribution in [3.05, 3.63) is 53.6 Å². The molecule has 1 N–H and O–H groups in total. The van der Waals surface area contributed by atoms with Crippen LogP contribution in [0.15, 0.2) is 42.5 Å². The molecule has 4 heteroatoms. The second-order valence-corrected chi connectivity index (χ2v) is 5.87. The summed E-state index contributed by atoms with van der Waals surface area (Å²) in [6.07, 6.45) is 10.1. The van der Waals surface area contributed by atoms with Crippen LogP contribution in [0.25, 0.3) is 6.08 Å². The van der Waals surface area contributed by atoms with Gasteiger partial charge in [0.1, 0.15) is 0 Å². The third-order valence-corrected chi connectivity index (χ3v) is 3.98. The highest BCUT2D eigenvalue weighted by atomic mass is 16.6. The average Bonchev–Trinajstić information content (AvgIpc) is 2.83. The van der Waals surface area contributed by atoms with Crippen molar-refractivity contribution in [1.82, 2.24) is 0 Å². The molecule has 1 heterocycles. The van der Waals surface area contributed by atoms with Crippen molar-refractivity contribution in [3.63, 3.8) is 0 Å². The van der Waals surface area contributed by atoms with Gasteiger partial charge in [-0.15, -0.1) is 0 Å². The van der Waals surface area contributed by atoms with Gasteiger partial charge in [-0.25, -0.2) is 4.79 Å². The Hall–Kier alpha value is -2.20. The number of ketones is 1. The second-order valence-electron chi connectivity index (χ2n) is 5.87. The lowest BCUT2D eigenvalue weighted by Gasteiger charge is -2.05. The molecule has 0 amide bonds. The lowest BCUT2D eigenvalue weighted by molar-refractivity contribution is -0.147. The van der Waals surface area contributed by atoms with Crippen LogP contribution in [0.5, 0.6) is 0 Å². The van der Waals surface area contributed by atoms with E-state index in [1.165, 1.54) is 5.56 Å². The normalized spacial score (nSPS) is 21.1. The van der Waals surface area contributed by atoms with Gasteiger partial charge in [-0.1, -0.05) is 61.9 Å². The molecule has 0 bridgehead atoms. The first kappa shape index (κ1) is 18.1. The van der Waals surface area contributed by atoms with Crippen molar-refractivity contribution in [2.75, 3.05) is 0 Å². The molecule has 1 aliphatic heterocycles. The lowest BCUT2D eigenvalue weighted by Crippen LogP contribution is -2.24. The minimum absolute atomic E-state index is 0.400. The number of carbonyl (C=O) groups is 2. The number of aliphatic hydroxyl groups is 1. The number of hydrogen-bond donors (Lipinski definition) is 1. The van der Waals surface area contributed by atoms with E-state index in [1.807, 2.05) is 24.3 Å². The zero-order chi connectivity index (χ0) is 17.4. The van der Waals surface area contributed by atoms with Crippen LogP contribution < -0.4 is 0 Å². The summed E-state index contributed by atoms with van der Waals surface area (Å²) in [6, 6.07) is 8.19. The second kappa shape index (κ2) is 9.18. The highest BCUT2D eigenvalue weighted by Gasteiger charge is 2.41. The van der Waals surface area contributed by atoms with Crippen LogP contribution in [0, 0.1) is 0 Å². The van der Waals surface area contributed by atoms with E-state index in [1.54, 1.807) is 0 Å². The number of hydrogen-bond acceptors (Lipinski definition) is 4. The molecule has 2 rings (SSSR count). The monoisotopic (exact) mass is 328 g/mol. The summed E-state index contributed by atoms with van der Waals surface area (Å²) in [6.45, 7) is 2.16. The molecule has 1 fully saturated rings. The Morgan fingerprint density at radius 3 is 2.62 bits per heavy atom. The molecule has 1 saturated heterocycles. The van der Waals surface area contributed by atoms with Gasteiger partial charge in [0, 0.05) is 0 Å². The maximum atomic E-state index is 11.6. The number of Topliss-reactive ketones (excluding diaryl/α,β-unsaturated/α-hetero) is 1. The Kier molecular flexibility index (Phi) is 6.94. The standard InChI is InChI=1S/C20H24O4/c1-2-3-4-5-10-15-11-6-7-12-16(15)13-8-9-14-17-18(21)19(22)20(23)24-17/h4-8,11-13,17,19,22H,2-3,9-10,14H2,1H3. The Labute approximate surface area is 142 Å². The van der Waals surface area contributed by atoms with E-state index in [-0.39, 0.29) is 0 Å². The van der Waals surface area contributed by atoms with Gasteiger partial charge in [0.2, 0.25) is 11.9 Å². The van der Waals surface area contributed by atoms with Crippen molar-refractivity contribution in [3.8, 4) is 0 Å². The topological polar surface area (TPSA) is 63.6 Å². The minimum atomic E-state index is -1.60. The summed E-state index contributed by atoms with van der Waals surface area (Å²) in [5.74, 6) is -1.37. The fourth-order valence-corrected chi connectivity index (χ4v) is 2.59. The summed E-state index contributed by atoms with van der Waals surface area (Å²) >= 11 is 0. The number of rotatable bonds is 8. The molecule has 128 valence electrons. The summed E-state index contributed by atoms with van der Waals surface area (Å²) in [5, 5.41) is 9.28. The molecule has 0 saturated carbocycles. The molecule has 4 nitrogen and oxygen atoms in total. The van der Waals surface area contributed by atoms with Crippen molar-refractivity contribution < 1.29 is 19.4 Å². The van der Waals surface area contributed by atoms with Crippen molar-refractivity contribution >= 4 is 17.8 Å². The molecule has 1 aliphatic rings. The molecule has 0 aromatic heterocycles. The van der Waals surface area contributed by atoms with Gasteiger partial charge in [-0.05, 0) is 36.8 Å². The van der Waals surface area contributed by atoms with E-state index in [0.717, 1.165) is 24.8 Å². The lowest BCUT2D eigenvalue weighted by atomic mass is 10.0. The van der Waals surface area contributed by atoms with E-state index in [4.69, 9.17) is 4.74 Å². The van der Waals surface area contributed by atoms with Gasteiger partial charge < -0.3 is 9.84 Å². The molecular formula is C20H24O4. The van der Waals surface area contributed by atoms with E-state index in [0.29, 0.717) is 12.8 Å². The summed E-state index contributed by atoms with van der Waals surface area (Å²) in [7, 11) is 0. The number of aliphatic hydroxyl groups excluding tert-OH is 1. The summed E-state index contributed by atoms with van der Waals surface area (Å²) in [4.78, 5) is 22.7. The first-order chi connectivity index (χ1) is 11.6. The van der Waals surface area contributed by atoms with E-state index in [9.17, 15) is 14.7 Å². The number of benzene rings is 1. The number of allylic oxidation sites excluding steroid dienone is 3. The zero-order valence-corrected chi connectivity index (χ0v) is 14.0. The number of carbonyl (C=O) groups excluding carboxylic acids is 2. The summed E-state index contributed by atoms with van der Waals surface area (Å²) in [5.41, 5.74) is 2.40. The smallest absolute Gasteiger partial charge is 0.343 e. The largest absolute Gasteiger partial charge is 0.452 e. The van der Waals surface area contributed by atoms with Crippen molar-refractivity contribution in [2.24, 2.45) is 0 Å². The number of esters is 1. The molecule has 24 heavy (non-hydrogen) atoms. The number of cyclic esters (lactones) is 1. The summed E-state index contributed by atoms with van der Waals surface area (Å²) < 4.78 is 4.86. The van der Waals surface area contributed by atoms with Crippen LogP contribution in [0.1, 0.15) is 43.7 Å². The highest BCUT2D eigenvalue weighted by molar-refractivity contribution is 6.08. The van der Waals surface area contributed by atoms with Gasteiger partial charge in [-0.3, -0.25) is 4.79 Å². The molecule has 2 unspecified atom stereocenters. The third kappa shape index (κ3) is 4.90. The minimum Gasteiger partial charge on any atom is -0.452 e. The van der Waals surface area contributed by atoms with Gasteiger partial charge in [0.25, 0.3) is 0 Å². The van der Waals surface area contributed by atoms with E-state index >= 15 is 0 Å². The Balaban J connectivity index is 1.88. The van der Waals surface area contributed by atoms with Gasteiger partial charge in [0.15, 0.2) is 6.10 Å². The maximum Gasteiger partial charge on any atom is 0.343 e. The van der Waals surface area contributed by atoms with Crippen LogP contribution in [0.2, 0.25) is 0 Å². The van der Waals surface area contributed by atoms with Crippen LogP contribution >= 0.6 is 0 Å². The van der Waals surface area contributed by atoms with Crippen LogP contribution in [0.4, 0.5) is 0 Å². The fraction of sp³-hybridized carbons (Fsp3) is 0.400. The molecular weight excluding hydrogens is 304 g/mol. The Bertz CT molecular complexity index is 630. The Morgan fingerprint density at radius 1 is 1.12 bits per heavy atom. The third-order valence-electron chi connectivity index (χ3n) is 3.98. The molecule has 1 aromatic carbocycles. The Morgan fingerprint density at radius 2 is 1.92 bits per heavy atom. The average molecular weight is 328 g/mol. The van der Waals surface area contributed by atoms with Gasteiger partial charge in [-0.2, -0.15) is 0 Å². The zero-order valence-electron chi connectivity index (χ0n) is 14.0. The van der Waals surface area contributed by atoms with Crippen LogP contribution in [-0.4, -0.2) is 29.1 Å². The quantitative estimate of drug-likeness (QED) is 0.452. The molecule has 1 aromatic rings. The first-order valence-electron chi connectivity index (χ1n) is 8.45. The van der Waals surface area contributed by atoms with Crippen molar-refractivity contribution in [1.29, 1.82) is 0 Å². The maximum absolute atomic E-state index is 11.6. The van der Waals surface area contributed by atoms with Gasteiger partial charge >= 0.3 is 5.97 Å². The fourth-order valence-electron chi connectivity index (χ4n) is 2.59. The van der Waals surface area contributed by atoms with Crippen LogP contribution in [0.3, 0.4) is 0 Å². The SMILES string of the molecule is CCCC=CCc1ccccc1C=CCCC1OC(=O)C(O)C1=O. The predicted molar refractivity (Wildman–Crippen MR) is 93.4 cm³/mol. The number of unbranched alkanes of at least 4 members (excludes halogenated alkanes) is 1. The van der Waals surface area contributed by atoms with E-state index < -0.39 is 24.0 Å². The molecule has 0 spiro atoms. The van der Waals surface area contributed by atoms with Gasteiger partial charge in [0.05, 0.1) is 0 Å². The predicted octanol–water partition coefficient (Wildman–Crippen LogP) is 3.23.